The summed E-state index contributed by atoms with van der Waals surface area (Å²) < 4.78 is 32.9. The van der Waals surface area contributed by atoms with Gasteiger partial charge in [-0.15, -0.1) is 31.7 Å². The Hall–Kier alpha value is -2.93. The zero-order valence-corrected chi connectivity index (χ0v) is 21.8. The lowest BCUT2D eigenvalue weighted by Gasteiger charge is -2.11. The van der Waals surface area contributed by atoms with Crippen LogP contribution in [0.5, 0.6) is 0 Å². The molecular weight excluding hydrogens is 510 g/mol. The van der Waals surface area contributed by atoms with E-state index in [-0.39, 0.29) is 18.9 Å². The first-order valence-corrected chi connectivity index (χ1v) is 13.8. The molecule has 1 aliphatic rings. The maximum Gasteiger partial charge on any atom is 0.231 e. The maximum atomic E-state index is 11.4. The number of thiophene rings is 1. The van der Waals surface area contributed by atoms with E-state index in [0.717, 1.165) is 39.5 Å². The highest BCUT2D eigenvalue weighted by Gasteiger charge is 2.32. The molecule has 1 atom stereocenters. The normalized spacial score (nSPS) is 15.5. The highest BCUT2D eigenvalue weighted by Crippen LogP contribution is 2.39. The zero-order chi connectivity index (χ0) is 24.9. The number of sulfonamides is 1. The fourth-order valence-corrected chi connectivity index (χ4v) is 5.66. The summed E-state index contributed by atoms with van der Waals surface area (Å²) in [5.74, 6) is 1.92. The SMILES string of the molecule is Cc1sc2c(c1C)C(c1ccc(Cl)cc1)=N[C@@H](Cc1nnc(CNS(C)(=O)=O)o1)c1nnc(C)n1-2. The Balaban J connectivity index is 1.61. The van der Waals surface area contributed by atoms with Gasteiger partial charge in [-0.3, -0.25) is 9.56 Å². The van der Waals surface area contributed by atoms with Crippen LogP contribution in [0.25, 0.3) is 5.00 Å². The molecule has 13 heteroatoms. The van der Waals surface area contributed by atoms with Gasteiger partial charge in [0.05, 0.1) is 24.9 Å². The van der Waals surface area contributed by atoms with Crippen molar-refractivity contribution in [3.63, 3.8) is 0 Å². The third-order valence-electron chi connectivity index (χ3n) is 5.72. The van der Waals surface area contributed by atoms with Crippen molar-refractivity contribution in [3.8, 4) is 5.00 Å². The molecule has 1 aliphatic heterocycles. The molecule has 0 fully saturated rings. The number of nitrogens with zero attached hydrogens (tertiary/aromatic N) is 6. The van der Waals surface area contributed by atoms with Gasteiger partial charge in [0.1, 0.15) is 16.9 Å². The van der Waals surface area contributed by atoms with Crippen molar-refractivity contribution in [1.82, 2.24) is 29.7 Å². The molecule has 182 valence electrons. The average molecular weight is 532 g/mol. The van der Waals surface area contributed by atoms with E-state index in [1.54, 1.807) is 11.3 Å². The van der Waals surface area contributed by atoms with E-state index < -0.39 is 16.1 Å². The summed E-state index contributed by atoms with van der Waals surface area (Å²) in [5, 5.41) is 18.5. The molecule has 4 heterocycles. The topological polar surface area (TPSA) is 128 Å². The van der Waals surface area contributed by atoms with E-state index in [9.17, 15) is 8.42 Å². The Morgan fingerprint density at radius 3 is 2.51 bits per heavy atom. The quantitative estimate of drug-likeness (QED) is 0.403. The van der Waals surface area contributed by atoms with Gasteiger partial charge in [-0.1, -0.05) is 23.7 Å². The predicted octanol–water partition coefficient (Wildman–Crippen LogP) is 3.47. The summed E-state index contributed by atoms with van der Waals surface area (Å²) in [4.78, 5) is 6.34. The second kappa shape index (κ2) is 8.94. The molecule has 1 N–H and O–H groups in total. The minimum Gasteiger partial charge on any atom is -0.424 e. The minimum absolute atomic E-state index is 0.0825. The van der Waals surface area contributed by atoms with Gasteiger partial charge in [0, 0.05) is 21.0 Å². The van der Waals surface area contributed by atoms with Gasteiger partial charge in [0.25, 0.3) is 0 Å². The third kappa shape index (κ3) is 4.66. The van der Waals surface area contributed by atoms with Crippen molar-refractivity contribution in [3.05, 3.63) is 74.3 Å². The number of rotatable bonds is 6. The van der Waals surface area contributed by atoms with Crippen LogP contribution >= 0.6 is 22.9 Å². The maximum absolute atomic E-state index is 11.4. The van der Waals surface area contributed by atoms with Crippen molar-refractivity contribution in [1.29, 1.82) is 0 Å². The summed E-state index contributed by atoms with van der Waals surface area (Å²) >= 11 is 7.83. The first-order chi connectivity index (χ1) is 16.6. The van der Waals surface area contributed by atoms with E-state index in [1.807, 2.05) is 35.8 Å². The van der Waals surface area contributed by atoms with Gasteiger partial charge >= 0.3 is 0 Å². The molecule has 5 rings (SSSR count). The number of fused-ring (bicyclic) bond motifs is 3. The molecule has 35 heavy (non-hydrogen) atoms. The number of benzene rings is 1. The van der Waals surface area contributed by atoms with Crippen LogP contribution in [0.3, 0.4) is 0 Å². The molecular formula is C22H22ClN7O3S2. The Morgan fingerprint density at radius 1 is 1.09 bits per heavy atom. The number of aromatic nitrogens is 5. The predicted molar refractivity (Wildman–Crippen MR) is 133 cm³/mol. The van der Waals surface area contributed by atoms with E-state index in [0.29, 0.717) is 16.7 Å². The number of hydrogen-bond donors (Lipinski definition) is 1. The molecule has 0 spiro atoms. The van der Waals surface area contributed by atoms with E-state index in [1.165, 1.54) is 4.88 Å². The summed E-state index contributed by atoms with van der Waals surface area (Å²) in [5.41, 5.74) is 3.93. The van der Waals surface area contributed by atoms with Gasteiger partial charge in [0.2, 0.25) is 21.8 Å². The summed E-state index contributed by atoms with van der Waals surface area (Å²) in [7, 11) is -3.38. The molecule has 4 aromatic rings. The van der Waals surface area contributed by atoms with Gasteiger partial charge in [-0.25, -0.2) is 13.1 Å². The highest BCUT2D eigenvalue weighted by molar-refractivity contribution is 7.88. The second-order valence-corrected chi connectivity index (χ2v) is 11.8. The fraction of sp³-hybridized carbons (Fsp3) is 0.318. The first kappa shape index (κ1) is 23.8. The molecule has 0 bridgehead atoms. The van der Waals surface area contributed by atoms with E-state index in [2.05, 4.69) is 39.0 Å². The second-order valence-electron chi connectivity index (χ2n) is 8.29. The number of halogens is 1. The van der Waals surface area contributed by atoms with Gasteiger partial charge in [-0.2, -0.15) is 0 Å². The van der Waals surface area contributed by atoms with Crippen molar-refractivity contribution in [2.75, 3.05) is 6.26 Å². The molecule has 0 unspecified atom stereocenters. The lowest BCUT2D eigenvalue weighted by atomic mass is 9.99. The number of aryl methyl sites for hydroxylation is 2. The van der Waals surface area contributed by atoms with E-state index in [4.69, 9.17) is 21.0 Å². The number of hydrogen-bond acceptors (Lipinski definition) is 9. The van der Waals surface area contributed by atoms with Crippen LogP contribution in [0.15, 0.2) is 33.7 Å². The monoisotopic (exact) mass is 531 g/mol. The van der Waals surface area contributed by atoms with Gasteiger partial charge in [0.15, 0.2) is 5.82 Å². The van der Waals surface area contributed by atoms with Crippen molar-refractivity contribution < 1.29 is 12.8 Å². The molecule has 3 aromatic heterocycles. The summed E-state index contributed by atoms with van der Waals surface area (Å²) in [6, 6.07) is 7.14. The Bertz CT molecular complexity index is 1550. The third-order valence-corrected chi connectivity index (χ3v) is 7.83. The molecule has 10 nitrogen and oxygen atoms in total. The lowest BCUT2D eigenvalue weighted by molar-refractivity contribution is 0.428. The fourth-order valence-electron chi connectivity index (χ4n) is 3.93. The molecule has 0 amide bonds. The summed E-state index contributed by atoms with van der Waals surface area (Å²) in [6.07, 6.45) is 1.34. The number of aliphatic imine (C=N–C) groups is 1. The Morgan fingerprint density at radius 2 is 1.80 bits per heavy atom. The van der Waals surface area contributed by atoms with Crippen molar-refractivity contribution in [2.45, 2.75) is 39.8 Å². The standard InChI is InChI=1S/C22H22ClN7O3S2/c1-11-12(2)34-22-19(11)20(14-5-7-15(23)8-6-14)25-16(21-29-26-13(3)30(21)22)9-17-27-28-18(33-17)10-24-35(4,31)32/h5-8,16,24H,9-10H2,1-4H3/t16-/m0/s1. The van der Waals surface area contributed by atoms with Crippen molar-refractivity contribution >= 4 is 38.7 Å². The van der Waals surface area contributed by atoms with Crippen LogP contribution in [-0.2, 0) is 23.0 Å². The summed E-state index contributed by atoms with van der Waals surface area (Å²) in [6.45, 7) is 6.02. The molecule has 0 saturated carbocycles. The van der Waals surface area contributed by atoms with Crippen LogP contribution in [0.1, 0.15) is 51.0 Å². The van der Waals surface area contributed by atoms with Crippen LogP contribution in [0.4, 0.5) is 0 Å². The average Bonchev–Trinajstić information content (AvgIpc) is 3.46. The molecule has 0 saturated heterocycles. The molecule has 0 aliphatic carbocycles. The lowest BCUT2D eigenvalue weighted by Crippen LogP contribution is -2.21. The minimum atomic E-state index is -3.38. The van der Waals surface area contributed by atoms with Crippen LogP contribution in [0, 0.1) is 20.8 Å². The zero-order valence-electron chi connectivity index (χ0n) is 19.4. The van der Waals surface area contributed by atoms with Crippen LogP contribution < -0.4 is 4.72 Å². The molecule has 0 radical (unpaired) electrons. The van der Waals surface area contributed by atoms with Crippen LogP contribution in [-0.4, -0.2) is 45.3 Å². The number of nitrogens with one attached hydrogen (secondary N) is 1. The van der Waals surface area contributed by atoms with Crippen molar-refractivity contribution in [2.24, 2.45) is 4.99 Å². The first-order valence-electron chi connectivity index (χ1n) is 10.7. The smallest absolute Gasteiger partial charge is 0.231 e. The molecule has 1 aromatic carbocycles. The van der Waals surface area contributed by atoms with Gasteiger partial charge < -0.3 is 4.42 Å². The highest BCUT2D eigenvalue weighted by atomic mass is 35.5. The van der Waals surface area contributed by atoms with Gasteiger partial charge in [-0.05, 0) is 38.5 Å². The Labute approximate surface area is 211 Å². The Kier molecular flexibility index (Phi) is 6.08. The largest absolute Gasteiger partial charge is 0.424 e. The van der Waals surface area contributed by atoms with Crippen LogP contribution in [0.2, 0.25) is 5.02 Å². The van der Waals surface area contributed by atoms with E-state index >= 15 is 0 Å².